The van der Waals surface area contributed by atoms with Crippen LogP contribution in [0.1, 0.15) is 45.4 Å². The summed E-state index contributed by atoms with van der Waals surface area (Å²) in [7, 11) is 0. The number of carbonyl (C=O) groups is 1. The van der Waals surface area contributed by atoms with Crippen LogP contribution in [0.5, 0.6) is 0 Å². The van der Waals surface area contributed by atoms with Crippen molar-refractivity contribution in [1.29, 1.82) is 0 Å². The van der Waals surface area contributed by atoms with Gasteiger partial charge in [-0.15, -0.1) is 0 Å². The zero-order valence-electron chi connectivity index (χ0n) is 11.5. The second kappa shape index (κ2) is 6.93. The third kappa shape index (κ3) is 4.13. The van der Waals surface area contributed by atoms with Gasteiger partial charge in [-0.2, -0.15) is 0 Å². The second-order valence-electron chi connectivity index (χ2n) is 5.82. The lowest BCUT2D eigenvalue weighted by Crippen LogP contribution is -2.33. The third-order valence-corrected chi connectivity index (χ3v) is 4.26. The summed E-state index contributed by atoms with van der Waals surface area (Å²) in [6.45, 7) is 4.81. The van der Waals surface area contributed by atoms with E-state index < -0.39 is 0 Å². The molecule has 1 aliphatic carbocycles. The molecule has 2 aliphatic rings. The van der Waals surface area contributed by atoms with Crippen molar-refractivity contribution in [3.63, 3.8) is 0 Å². The summed E-state index contributed by atoms with van der Waals surface area (Å²) in [5.41, 5.74) is 1.37. The van der Waals surface area contributed by atoms with Crippen LogP contribution in [-0.2, 0) is 4.79 Å². The molecule has 1 atom stereocenters. The average molecular weight is 250 g/mol. The van der Waals surface area contributed by atoms with Crippen LogP contribution in [0.25, 0.3) is 0 Å². The Labute approximate surface area is 110 Å². The molecule has 0 bridgehead atoms. The lowest BCUT2D eigenvalue weighted by Gasteiger charge is -2.18. The summed E-state index contributed by atoms with van der Waals surface area (Å²) in [4.78, 5) is 12.0. The normalized spacial score (nSPS) is 22.6. The topological polar surface area (TPSA) is 41.1 Å². The van der Waals surface area contributed by atoms with Crippen LogP contribution >= 0.6 is 0 Å². The summed E-state index contributed by atoms with van der Waals surface area (Å²) >= 11 is 0. The highest BCUT2D eigenvalue weighted by atomic mass is 16.1. The molecule has 0 spiro atoms. The summed E-state index contributed by atoms with van der Waals surface area (Å²) < 4.78 is 0. The van der Waals surface area contributed by atoms with Crippen LogP contribution in [0.4, 0.5) is 0 Å². The predicted molar refractivity (Wildman–Crippen MR) is 74.3 cm³/mol. The molecular weight excluding hydrogens is 224 g/mol. The van der Waals surface area contributed by atoms with Gasteiger partial charge < -0.3 is 10.6 Å². The molecule has 18 heavy (non-hydrogen) atoms. The first-order valence-electron chi connectivity index (χ1n) is 7.42. The van der Waals surface area contributed by atoms with Crippen molar-refractivity contribution in [2.24, 2.45) is 11.8 Å². The van der Waals surface area contributed by atoms with Gasteiger partial charge in [-0.05, 0) is 25.3 Å². The molecule has 0 aromatic carbocycles. The quantitative estimate of drug-likeness (QED) is 0.735. The Kier molecular flexibility index (Phi) is 5.24. The Bertz CT molecular complexity index is 306. The molecule has 1 unspecified atom stereocenters. The Balaban J connectivity index is 1.68. The maximum Gasteiger partial charge on any atom is 0.223 e. The zero-order chi connectivity index (χ0) is 12.8. The second-order valence-corrected chi connectivity index (χ2v) is 5.82. The van der Waals surface area contributed by atoms with E-state index in [0.29, 0.717) is 0 Å². The molecule has 1 heterocycles. The van der Waals surface area contributed by atoms with Crippen LogP contribution in [0.2, 0.25) is 0 Å². The predicted octanol–water partition coefficient (Wildman–Crippen LogP) is 2.24. The monoisotopic (exact) mass is 250 g/mol. The third-order valence-electron chi connectivity index (χ3n) is 4.26. The summed E-state index contributed by atoms with van der Waals surface area (Å²) in [6.07, 6.45) is 9.72. The van der Waals surface area contributed by atoms with Crippen molar-refractivity contribution < 1.29 is 4.79 Å². The van der Waals surface area contributed by atoms with Crippen molar-refractivity contribution in [2.45, 2.75) is 45.4 Å². The Morgan fingerprint density at radius 1 is 1.50 bits per heavy atom. The van der Waals surface area contributed by atoms with E-state index in [1.807, 2.05) is 0 Å². The van der Waals surface area contributed by atoms with Crippen molar-refractivity contribution in [1.82, 2.24) is 10.6 Å². The number of hydrogen-bond acceptors (Lipinski definition) is 2. The number of rotatable bonds is 5. The summed E-state index contributed by atoms with van der Waals surface area (Å²) in [5, 5.41) is 6.38. The van der Waals surface area contributed by atoms with Crippen LogP contribution in [0.15, 0.2) is 11.6 Å². The molecule has 0 aromatic rings. The highest BCUT2D eigenvalue weighted by Gasteiger charge is 2.21. The minimum atomic E-state index is 0.176. The highest BCUT2D eigenvalue weighted by Crippen LogP contribution is 2.30. The summed E-state index contributed by atoms with van der Waals surface area (Å²) in [5.74, 6) is 1.21. The van der Waals surface area contributed by atoms with E-state index in [2.05, 4.69) is 23.6 Å². The fraction of sp³-hybridized carbons (Fsp3) is 0.800. The highest BCUT2D eigenvalue weighted by molar-refractivity contribution is 5.78. The molecule has 0 saturated heterocycles. The first kappa shape index (κ1) is 13.6. The van der Waals surface area contributed by atoms with Gasteiger partial charge >= 0.3 is 0 Å². The smallest absolute Gasteiger partial charge is 0.223 e. The van der Waals surface area contributed by atoms with E-state index in [-0.39, 0.29) is 11.8 Å². The first-order chi connectivity index (χ1) is 8.75. The van der Waals surface area contributed by atoms with Crippen molar-refractivity contribution in [3.05, 3.63) is 11.6 Å². The largest absolute Gasteiger partial charge is 0.352 e. The molecule has 1 amide bonds. The van der Waals surface area contributed by atoms with Crippen molar-refractivity contribution in [2.75, 3.05) is 19.6 Å². The van der Waals surface area contributed by atoms with Gasteiger partial charge in [-0.3, -0.25) is 4.79 Å². The van der Waals surface area contributed by atoms with Crippen molar-refractivity contribution in [3.8, 4) is 0 Å². The fourth-order valence-corrected chi connectivity index (χ4v) is 3.06. The lowest BCUT2D eigenvalue weighted by molar-refractivity contribution is -0.124. The van der Waals surface area contributed by atoms with Crippen LogP contribution in [0, 0.1) is 11.8 Å². The van der Waals surface area contributed by atoms with E-state index in [9.17, 15) is 4.79 Å². The minimum absolute atomic E-state index is 0.176. The van der Waals surface area contributed by atoms with E-state index in [0.717, 1.165) is 38.4 Å². The molecule has 3 nitrogen and oxygen atoms in total. The molecule has 3 heteroatoms. The van der Waals surface area contributed by atoms with Gasteiger partial charge in [0.1, 0.15) is 0 Å². The molecule has 0 radical (unpaired) electrons. The van der Waals surface area contributed by atoms with Gasteiger partial charge in [-0.1, -0.05) is 44.3 Å². The van der Waals surface area contributed by atoms with Gasteiger partial charge in [0.25, 0.3) is 0 Å². The number of amides is 1. The number of nitrogens with one attached hydrogen (secondary N) is 2. The standard InChI is InChI=1S/C15H26N2O/c1-12(10-13-4-2-3-5-13)15(18)17-11-14-6-8-16-9-7-14/h6,12-13,16H,2-5,7-11H2,1H3,(H,17,18). The van der Waals surface area contributed by atoms with Gasteiger partial charge in [0.2, 0.25) is 5.91 Å². The number of carbonyl (C=O) groups excluding carboxylic acids is 1. The van der Waals surface area contributed by atoms with E-state index in [4.69, 9.17) is 0 Å². The van der Waals surface area contributed by atoms with Crippen LogP contribution < -0.4 is 10.6 Å². The van der Waals surface area contributed by atoms with Gasteiger partial charge in [0.15, 0.2) is 0 Å². The molecule has 1 aliphatic heterocycles. The summed E-state index contributed by atoms with van der Waals surface area (Å²) in [6, 6.07) is 0. The Morgan fingerprint density at radius 3 is 2.94 bits per heavy atom. The molecule has 2 rings (SSSR count). The van der Waals surface area contributed by atoms with Crippen LogP contribution in [-0.4, -0.2) is 25.5 Å². The Morgan fingerprint density at radius 2 is 2.28 bits per heavy atom. The van der Waals surface area contributed by atoms with Gasteiger partial charge in [0.05, 0.1) is 0 Å². The first-order valence-corrected chi connectivity index (χ1v) is 7.42. The molecule has 0 aromatic heterocycles. The SMILES string of the molecule is CC(CC1CCCC1)C(=O)NCC1=CCNCC1. The maximum atomic E-state index is 12.0. The Hall–Kier alpha value is -0.830. The van der Waals surface area contributed by atoms with E-state index in [1.165, 1.54) is 31.3 Å². The zero-order valence-corrected chi connectivity index (χ0v) is 11.5. The molecular formula is C15H26N2O. The van der Waals surface area contributed by atoms with E-state index >= 15 is 0 Å². The molecule has 2 N–H and O–H groups in total. The van der Waals surface area contributed by atoms with E-state index in [1.54, 1.807) is 0 Å². The van der Waals surface area contributed by atoms with Crippen LogP contribution in [0.3, 0.4) is 0 Å². The average Bonchev–Trinajstić information content (AvgIpc) is 2.90. The molecule has 1 saturated carbocycles. The lowest BCUT2D eigenvalue weighted by atomic mass is 9.94. The fourth-order valence-electron chi connectivity index (χ4n) is 3.06. The van der Waals surface area contributed by atoms with Gasteiger partial charge in [0, 0.05) is 19.0 Å². The minimum Gasteiger partial charge on any atom is -0.352 e. The number of hydrogen-bond donors (Lipinski definition) is 2. The maximum absolute atomic E-state index is 12.0. The van der Waals surface area contributed by atoms with Gasteiger partial charge in [-0.25, -0.2) is 0 Å². The molecule has 1 fully saturated rings. The van der Waals surface area contributed by atoms with Crippen molar-refractivity contribution >= 4 is 5.91 Å². The molecule has 102 valence electrons.